The molecule has 40 heavy (non-hydrogen) atoms. The summed E-state index contributed by atoms with van der Waals surface area (Å²) in [6, 6.07) is 4.51. The molecule has 1 amide bonds. The van der Waals surface area contributed by atoms with Crippen molar-refractivity contribution in [3.63, 3.8) is 0 Å². The third-order valence-corrected chi connectivity index (χ3v) is 10.6. The predicted octanol–water partition coefficient (Wildman–Crippen LogP) is 5.25. The number of aryl methyl sites for hydroxylation is 1. The molecule has 220 valence electrons. The largest absolute Gasteiger partial charge is 0.435 e. The SMILES string of the molecule is CC(CO)C(=O)N[C@@H]1CC[C@@]2(S(=O)(=O)c3ccc(F)cc3)c3ccc(C(F)(C(F)(F)F)C(F)(F)F)cc3CC[C@@H]12. The number of benzene rings is 2. The minimum atomic E-state index is -6.35. The van der Waals surface area contributed by atoms with Gasteiger partial charge in [-0.25, -0.2) is 17.2 Å². The molecule has 0 radical (unpaired) electrons. The fraction of sp³-hybridized carbons (Fsp3) is 0.500. The first kappa shape index (κ1) is 30.2. The zero-order valence-corrected chi connectivity index (χ0v) is 21.7. The molecule has 0 bridgehead atoms. The Morgan fingerprint density at radius 3 is 2.17 bits per heavy atom. The van der Waals surface area contributed by atoms with E-state index in [-0.39, 0.29) is 41.7 Å². The molecule has 0 aromatic heterocycles. The van der Waals surface area contributed by atoms with Crippen LogP contribution in [-0.2, 0) is 31.5 Å². The van der Waals surface area contributed by atoms with Gasteiger partial charge >= 0.3 is 18.0 Å². The highest BCUT2D eigenvalue weighted by Gasteiger charge is 2.73. The lowest BCUT2D eigenvalue weighted by atomic mass is 9.74. The third-order valence-electron chi connectivity index (χ3n) is 8.03. The molecule has 2 aromatic carbocycles. The smallest absolute Gasteiger partial charge is 0.396 e. The van der Waals surface area contributed by atoms with Gasteiger partial charge in [0.1, 0.15) is 10.6 Å². The van der Waals surface area contributed by atoms with Crippen LogP contribution in [0.25, 0.3) is 0 Å². The van der Waals surface area contributed by atoms with Crippen LogP contribution in [-0.4, -0.2) is 44.4 Å². The van der Waals surface area contributed by atoms with Crippen LogP contribution in [0.15, 0.2) is 47.4 Å². The third kappa shape index (κ3) is 4.47. The minimum Gasteiger partial charge on any atom is -0.396 e. The van der Waals surface area contributed by atoms with Crippen molar-refractivity contribution >= 4 is 15.7 Å². The molecule has 4 atom stereocenters. The lowest BCUT2D eigenvalue weighted by molar-refractivity contribution is -0.348. The summed E-state index contributed by atoms with van der Waals surface area (Å²) in [5.41, 5.74) is -7.72. The number of aliphatic hydroxyl groups is 1. The topological polar surface area (TPSA) is 83.5 Å². The number of carbonyl (C=O) groups is 1. The minimum absolute atomic E-state index is 0.0767. The zero-order chi connectivity index (χ0) is 29.9. The highest BCUT2D eigenvalue weighted by molar-refractivity contribution is 7.92. The van der Waals surface area contributed by atoms with Gasteiger partial charge in [0.25, 0.3) is 0 Å². The fourth-order valence-corrected chi connectivity index (χ4v) is 8.43. The number of rotatable bonds is 6. The van der Waals surface area contributed by atoms with Crippen LogP contribution in [0, 0.1) is 17.7 Å². The van der Waals surface area contributed by atoms with Crippen molar-refractivity contribution < 1.29 is 53.4 Å². The number of sulfone groups is 1. The monoisotopic (exact) mass is 599 g/mol. The first-order chi connectivity index (χ1) is 18.4. The van der Waals surface area contributed by atoms with Gasteiger partial charge < -0.3 is 10.4 Å². The molecule has 1 unspecified atom stereocenters. The Morgan fingerprint density at radius 2 is 1.62 bits per heavy atom. The van der Waals surface area contributed by atoms with Gasteiger partial charge in [0, 0.05) is 17.5 Å². The average molecular weight is 600 g/mol. The van der Waals surface area contributed by atoms with Crippen molar-refractivity contribution in [2.24, 2.45) is 11.8 Å². The maximum atomic E-state index is 14.9. The van der Waals surface area contributed by atoms with Gasteiger partial charge in [0.2, 0.25) is 5.91 Å². The number of nitrogens with one attached hydrogen (secondary N) is 1. The van der Waals surface area contributed by atoms with Gasteiger partial charge in [0.05, 0.1) is 17.4 Å². The number of carbonyl (C=O) groups excluding carboxylic acids is 1. The van der Waals surface area contributed by atoms with Crippen LogP contribution < -0.4 is 5.32 Å². The summed E-state index contributed by atoms with van der Waals surface area (Å²) >= 11 is 0. The molecular formula is C26H25F8NO4S. The second-order valence-electron chi connectivity index (χ2n) is 10.3. The lowest BCUT2D eigenvalue weighted by Gasteiger charge is -2.43. The Bertz CT molecular complexity index is 1380. The summed E-state index contributed by atoms with van der Waals surface area (Å²) in [5.74, 6) is -3.02. The second kappa shape index (κ2) is 9.97. The molecule has 1 saturated carbocycles. The highest BCUT2D eigenvalue weighted by Crippen LogP contribution is 2.59. The van der Waals surface area contributed by atoms with Crippen molar-refractivity contribution in [2.45, 2.75) is 66.3 Å². The second-order valence-corrected chi connectivity index (χ2v) is 12.5. The highest BCUT2D eigenvalue weighted by atomic mass is 32.2. The van der Waals surface area contributed by atoms with Gasteiger partial charge in [0.15, 0.2) is 9.84 Å². The molecule has 2 aliphatic carbocycles. The van der Waals surface area contributed by atoms with E-state index >= 15 is 0 Å². The molecule has 0 spiro atoms. The van der Waals surface area contributed by atoms with E-state index in [1.165, 1.54) is 6.92 Å². The molecule has 5 nitrogen and oxygen atoms in total. The van der Waals surface area contributed by atoms with Crippen LogP contribution in [0.1, 0.15) is 42.9 Å². The van der Waals surface area contributed by atoms with Gasteiger partial charge in [-0.2, -0.15) is 26.3 Å². The summed E-state index contributed by atoms with van der Waals surface area (Å²) in [7, 11) is -4.50. The van der Waals surface area contributed by atoms with E-state index in [0.717, 1.165) is 30.3 Å². The quantitative estimate of drug-likeness (QED) is 0.351. The van der Waals surface area contributed by atoms with E-state index in [1.807, 2.05) is 0 Å². The first-order valence-electron chi connectivity index (χ1n) is 12.3. The van der Waals surface area contributed by atoms with E-state index in [4.69, 9.17) is 0 Å². The molecule has 2 aromatic rings. The average Bonchev–Trinajstić information content (AvgIpc) is 3.26. The zero-order valence-electron chi connectivity index (χ0n) is 20.9. The lowest BCUT2D eigenvalue weighted by Crippen LogP contribution is -2.51. The van der Waals surface area contributed by atoms with E-state index in [9.17, 15) is 53.4 Å². The van der Waals surface area contributed by atoms with Crippen molar-refractivity contribution in [3.8, 4) is 0 Å². The Hall–Kier alpha value is -2.74. The van der Waals surface area contributed by atoms with Crippen molar-refractivity contribution in [1.82, 2.24) is 5.32 Å². The van der Waals surface area contributed by atoms with Crippen LogP contribution in [0.2, 0.25) is 0 Å². The maximum absolute atomic E-state index is 14.9. The van der Waals surface area contributed by atoms with Gasteiger partial charge in [-0.3, -0.25) is 4.79 Å². The number of aliphatic hydroxyl groups excluding tert-OH is 1. The van der Waals surface area contributed by atoms with E-state index in [2.05, 4.69) is 5.32 Å². The fourth-order valence-electron chi connectivity index (χ4n) is 5.96. The van der Waals surface area contributed by atoms with Crippen LogP contribution in [0.3, 0.4) is 0 Å². The summed E-state index contributed by atoms with van der Waals surface area (Å²) < 4.78 is 136. The molecule has 1 fully saturated rings. The molecule has 0 heterocycles. The van der Waals surface area contributed by atoms with Crippen molar-refractivity contribution in [1.29, 1.82) is 0 Å². The van der Waals surface area contributed by atoms with E-state index in [0.29, 0.717) is 12.1 Å². The van der Waals surface area contributed by atoms with Crippen molar-refractivity contribution in [2.75, 3.05) is 6.61 Å². The van der Waals surface area contributed by atoms with Crippen molar-refractivity contribution in [3.05, 3.63) is 65.0 Å². The molecule has 14 heteroatoms. The molecular weight excluding hydrogens is 574 g/mol. The Labute approximate surface area is 224 Å². The molecule has 0 aliphatic heterocycles. The molecule has 0 saturated heterocycles. The first-order valence-corrected chi connectivity index (χ1v) is 13.8. The standard InChI is InChI=1S/C26H25F8NO4S/c1-14(13-36)22(37)35-21-10-11-23(40(38,39)18-6-4-17(27)5-7-18)19-9-3-16(12-15(19)2-8-20(21)23)24(28,25(29,30)31)26(32,33)34/h3-7,9,12,14,20-21,36H,2,8,10-11,13H2,1H3,(H,35,37)/t14?,20-,21+,23+/m0/s1. The number of hydrogen-bond acceptors (Lipinski definition) is 4. The molecule has 2 aliphatic rings. The molecule has 4 rings (SSSR count). The van der Waals surface area contributed by atoms with Crippen LogP contribution >= 0.6 is 0 Å². The van der Waals surface area contributed by atoms with Crippen LogP contribution in [0.5, 0.6) is 0 Å². The number of amides is 1. The number of halogens is 8. The Balaban J connectivity index is 1.91. The van der Waals surface area contributed by atoms with E-state index < -0.39 is 74.4 Å². The van der Waals surface area contributed by atoms with E-state index in [1.54, 1.807) is 0 Å². The maximum Gasteiger partial charge on any atom is 0.435 e. The normalized spacial score (nSPS) is 24.2. The summed E-state index contributed by atoms with van der Waals surface area (Å²) in [4.78, 5) is 12.2. The summed E-state index contributed by atoms with van der Waals surface area (Å²) in [6.07, 6.45) is -13.1. The molecule has 2 N–H and O–H groups in total. The van der Waals surface area contributed by atoms with Gasteiger partial charge in [-0.05, 0) is 61.1 Å². The number of fused-ring (bicyclic) bond motifs is 3. The Kier molecular flexibility index (Phi) is 7.53. The number of hydrogen-bond donors (Lipinski definition) is 2. The predicted molar refractivity (Wildman–Crippen MR) is 126 cm³/mol. The Morgan fingerprint density at radius 1 is 1.02 bits per heavy atom. The summed E-state index contributed by atoms with van der Waals surface area (Å²) in [6.45, 7) is 0.951. The number of alkyl halides is 7. The van der Waals surface area contributed by atoms with Crippen LogP contribution in [0.4, 0.5) is 35.1 Å². The van der Waals surface area contributed by atoms with Gasteiger partial charge in [-0.15, -0.1) is 0 Å². The van der Waals surface area contributed by atoms with Gasteiger partial charge in [-0.1, -0.05) is 25.1 Å². The summed E-state index contributed by atoms with van der Waals surface area (Å²) in [5, 5.41) is 12.0.